The van der Waals surface area contributed by atoms with Crippen molar-refractivity contribution in [2.24, 2.45) is 0 Å². The molecule has 0 spiro atoms. The molecule has 0 saturated heterocycles. The highest BCUT2D eigenvalue weighted by Crippen LogP contribution is 2.23. The molecule has 1 heterocycles. The maximum Gasteiger partial charge on any atom is 0.358 e. The SMILES string of the molecule is CCCc1c(C(=O)O)nnn1-c1cccc(Cl)c1F. The number of halogens is 2. The first kappa shape index (κ1) is 13.5. The molecule has 0 fully saturated rings. The van der Waals surface area contributed by atoms with Gasteiger partial charge in [-0.2, -0.15) is 0 Å². The number of carbonyl (C=O) groups is 1. The van der Waals surface area contributed by atoms with Crippen molar-refractivity contribution in [1.29, 1.82) is 0 Å². The van der Waals surface area contributed by atoms with Crippen LogP contribution in [0.5, 0.6) is 0 Å². The van der Waals surface area contributed by atoms with E-state index in [1.165, 1.54) is 16.8 Å². The minimum Gasteiger partial charge on any atom is -0.476 e. The largest absolute Gasteiger partial charge is 0.476 e. The van der Waals surface area contributed by atoms with Crippen molar-refractivity contribution in [2.75, 3.05) is 0 Å². The molecule has 0 saturated carbocycles. The summed E-state index contributed by atoms with van der Waals surface area (Å²) < 4.78 is 15.1. The van der Waals surface area contributed by atoms with Crippen LogP contribution in [0.15, 0.2) is 18.2 Å². The van der Waals surface area contributed by atoms with Gasteiger partial charge < -0.3 is 5.11 Å². The van der Waals surface area contributed by atoms with E-state index < -0.39 is 11.8 Å². The third kappa shape index (κ3) is 2.44. The normalized spacial score (nSPS) is 10.7. The van der Waals surface area contributed by atoms with Gasteiger partial charge in [-0.25, -0.2) is 13.9 Å². The molecule has 100 valence electrons. The van der Waals surface area contributed by atoms with Crippen LogP contribution in [-0.4, -0.2) is 26.1 Å². The molecular formula is C12H11ClFN3O2. The predicted octanol–water partition coefficient (Wildman–Crippen LogP) is 2.71. The molecule has 2 aromatic rings. The fraction of sp³-hybridized carbons (Fsp3) is 0.250. The van der Waals surface area contributed by atoms with E-state index in [1.54, 1.807) is 6.07 Å². The predicted molar refractivity (Wildman–Crippen MR) is 67.3 cm³/mol. The summed E-state index contributed by atoms with van der Waals surface area (Å²) in [6.45, 7) is 1.89. The highest BCUT2D eigenvalue weighted by Gasteiger charge is 2.21. The number of aromatic nitrogens is 3. The first-order valence-corrected chi connectivity index (χ1v) is 6.06. The average Bonchev–Trinajstić information content (AvgIpc) is 2.77. The van der Waals surface area contributed by atoms with Crippen LogP contribution in [-0.2, 0) is 6.42 Å². The van der Waals surface area contributed by atoms with Gasteiger partial charge >= 0.3 is 5.97 Å². The van der Waals surface area contributed by atoms with Crippen LogP contribution in [0.3, 0.4) is 0 Å². The second-order valence-electron chi connectivity index (χ2n) is 3.92. The molecule has 0 aliphatic heterocycles. The zero-order chi connectivity index (χ0) is 14.0. The smallest absolute Gasteiger partial charge is 0.358 e. The number of carboxylic acids is 1. The summed E-state index contributed by atoms with van der Waals surface area (Å²) in [6.07, 6.45) is 1.12. The van der Waals surface area contributed by atoms with Gasteiger partial charge in [0.15, 0.2) is 11.5 Å². The summed E-state index contributed by atoms with van der Waals surface area (Å²) in [5.41, 5.74) is 0.286. The Kier molecular flexibility index (Phi) is 3.80. The highest BCUT2D eigenvalue weighted by atomic mass is 35.5. The van der Waals surface area contributed by atoms with Gasteiger partial charge in [-0.05, 0) is 18.6 Å². The van der Waals surface area contributed by atoms with Crippen molar-refractivity contribution in [3.8, 4) is 5.69 Å². The molecule has 0 atom stereocenters. The molecule has 1 aromatic heterocycles. The summed E-state index contributed by atoms with van der Waals surface area (Å²) in [6, 6.07) is 4.45. The van der Waals surface area contributed by atoms with Crippen LogP contribution in [0.1, 0.15) is 29.5 Å². The Morgan fingerprint density at radius 2 is 2.26 bits per heavy atom. The number of rotatable bonds is 4. The van der Waals surface area contributed by atoms with Crippen molar-refractivity contribution >= 4 is 17.6 Å². The summed E-state index contributed by atoms with van der Waals surface area (Å²) in [5.74, 6) is -1.83. The number of carboxylic acid groups (broad SMARTS) is 1. The molecule has 2 rings (SSSR count). The van der Waals surface area contributed by atoms with Crippen LogP contribution < -0.4 is 0 Å². The molecule has 19 heavy (non-hydrogen) atoms. The van der Waals surface area contributed by atoms with Crippen LogP contribution in [0.2, 0.25) is 5.02 Å². The number of nitrogens with zero attached hydrogens (tertiary/aromatic N) is 3. The van der Waals surface area contributed by atoms with E-state index in [-0.39, 0.29) is 16.4 Å². The molecule has 0 amide bonds. The van der Waals surface area contributed by atoms with Crippen LogP contribution >= 0.6 is 11.6 Å². The van der Waals surface area contributed by atoms with Gasteiger partial charge in [-0.15, -0.1) is 5.10 Å². The Labute approximate surface area is 113 Å². The standard InChI is InChI=1S/C12H11ClFN3O2/c1-2-4-9-11(12(18)19)15-16-17(9)8-6-3-5-7(13)10(8)14/h3,5-6H,2,4H2,1H3,(H,18,19). The van der Waals surface area contributed by atoms with Crippen molar-refractivity contribution in [3.05, 3.63) is 40.4 Å². The lowest BCUT2D eigenvalue weighted by Gasteiger charge is -2.07. The number of aromatic carboxylic acids is 1. The molecule has 0 bridgehead atoms. The number of benzene rings is 1. The zero-order valence-corrected chi connectivity index (χ0v) is 10.9. The fourth-order valence-corrected chi connectivity index (χ4v) is 1.95. The summed E-state index contributed by atoms with van der Waals surface area (Å²) in [7, 11) is 0. The second kappa shape index (κ2) is 5.36. The first-order chi connectivity index (χ1) is 9.06. The minimum atomic E-state index is -1.18. The minimum absolute atomic E-state index is 0.0488. The zero-order valence-electron chi connectivity index (χ0n) is 10.1. The van der Waals surface area contributed by atoms with E-state index in [0.29, 0.717) is 18.5 Å². The van der Waals surface area contributed by atoms with Crippen LogP contribution in [0.25, 0.3) is 5.69 Å². The lowest BCUT2D eigenvalue weighted by Crippen LogP contribution is -2.08. The van der Waals surface area contributed by atoms with E-state index in [0.717, 1.165) is 0 Å². The Hall–Kier alpha value is -1.95. The molecule has 0 radical (unpaired) electrons. The van der Waals surface area contributed by atoms with Gasteiger partial charge in [0.05, 0.1) is 10.7 Å². The van der Waals surface area contributed by atoms with E-state index in [2.05, 4.69) is 10.3 Å². The second-order valence-corrected chi connectivity index (χ2v) is 4.33. The molecule has 7 heteroatoms. The third-order valence-electron chi connectivity index (χ3n) is 2.61. The maximum atomic E-state index is 14.0. The summed E-state index contributed by atoms with van der Waals surface area (Å²) in [5, 5.41) is 16.3. The van der Waals surface area contributed by atoms with Crippen molar-refractivity contribution in [1.82, 2.24) is 15.0 Å². The van der Waals surface area contributed by atoms with Gasteiger partial charge in [-0.1, -0.05) is 36.2 Å². The van der Waals surface area contributed by atoms with Crippen molar-refractivity contribution < 1.29 is 14.3 Å². The number of hydrogen-bond acceptors (Lipinski definition) is 3. The lowest BCUT2D eigenvalue weighted by atomic mass is 10.2. The molecule has 0 aliphatic rings. The summed E-state index contributed by atoms with van der Waals surface area (Å²) in [4.78, 5) is 11.1. The lowest BCUT2D eigenvalue weighted by molar-refractivity contribution is 0.0689. The molecular weight excluding hydrogens is 273 g/mol. The maximum absolute atomic E-state index is 14.0. The highest BCUT2D eigenvalue weighted by molar-refractivity contribution is 6.30. The Bertz CT molecular complexity index is 627. The monoisotopic (exact) mass is 283 g/mol. The van der Waals surface area contributed by atoms with E-state index in [9.17, 15) is 9.18 Å². The fourth-order valence-electron chi connectivity index (χ4n) is 1.78. The Balaban J connectivity index is 2.62. The average molecular weight is 284 g/mol. The number of hydrogen-bond donors (Lipinski definition) is 1. The molecule has 1 N–H and O–H groups in total. The van der Waals surface area contributed by atoms with Gasteiger partial charge in [0, 0.05) is 0 Å². The van der Waals surface area contributed by atoms with Gasteiger partial charge in [0.2, 0.25) is 0 Å². The molecule has 5 nitrogen and oxygen atoms in total. The van der Waals surface area contributed by atoms with E-state index in [1.807, 2.05) is 6.92 Å². The van der Waals surface area contributed by atoms with E-state index in [4.69, 9.17) is 16.7 Å². The Morgan fingerprint density at radius 3 is 2.89 bits per heavy atom. The van der Waals surface area contributed by atoms with E-state index >= 15 is 0 Å². The van der Waals surface area contributed by atoms with Crippen LogP contribution in [0, 0.1) is 5.82 Å². The van der Waals surface area contributed by atoms with Gasteiger partial charge in [0.1, 0.15) is 5.69 Å². The first-order valence-electron chi connectivity index (χ1n) is 5.68. The van der Waals surface area contributed by atoms with Crippen molar-refractivity contribution in [3.63, 3.8) is 0 Å². The third-order valence-corrected chi connectivity index (χ3v) is 2.90. The topological polar surface area (TPSA) is 68.0 Å². The molecule has 1 aromatic carbocycles. The molecule has 0 aliphatic carbocycles. The molecule has 0 unspecified atom stereocenters. The quantitative estimate of drug-likeness (QED) is 0.937. The van der Waals surface area contributed by atoms with Gasteiger partial charge in [0.25, 0.3) is 0 Å². The van der Waals surface area contributed by atoms with Crippen molar-refractivity contribution in [2.45, 2.75) is 19.8 Å². The van der Waals surface area contributed by atoms with Crippen LogP contribution in [0.4, 0.5) is 4.39 Å². The van der Waals surface area contributed by atoms with Gasteiger partial charge in [-0.3, -0.25) is 0 Å². The Morgan fingerprint density at radius 1 is 1.53 bits per heavy atom. The summed E-state index contributed by atoms with van der Waals surface area (Å²) >= 11 is 5.71.